The highest BCUT2D eigenvalue weighted by atomic mass is 16.5. The lowest BCUT2D eigenvalue weighted by Gasteiger charge is -2.24. The van der Waals surface area contributed by atoms with Crippen LogP contribution in [0, 0.1) is 11.8 Å². The molecule has 0 spiro atoms. The first-order chi connectivity index (χ1) is 22.4. The molecule has 0 radical (unpaired) electrons. The van der Waals surface area contributed by atoms with Crippen molar-refractivity contribution >= 4 is 17.8 Å². The number of hydrogen-bond donors (Lipinski definition) is 3. The predicted molar refractivity (Wildman–Crippen MR) is 178 cm³/mol. The summed E-state index contributed by atoms with van der Waals surface area (Å²) in [6.45, 7) is 1.99. The summed E-state index contributed by atoms with van der Waals surface area (Å²) in [4.78, 5) is 39.7. The number of carbonyl (C=O) groups excluding carboxylic acids is 3. The number of esters is 1. The highest BCUT2D eigenvalue weighted by Gasteiger charge is 2.27. The average molecular weight is 627 g/mol. The van der Waals surface area contributed by atoms with Crippen molar-refractivity contribution in [2.75, 3.05) is 13.2 Å². The summed E-state index contributed by atoms with van der Waals surface area (Å²) in [7, 11) is 0. The van der Waals surface area contributed by atoms with Crippen LogP contribution in [0.2, 0.25) is 0 Å². The molecule has 46 heavy (non-hydrogen) atoms. The van der Waals surface area contributed by atoms with Gasteiger partial charge in [-0.1, -0.05) is 84.9 Å². The van der Waals surface area contributed by atoms with Crippen LogP contribution in [-0.2, 0) is 38.6 Å². The molecule has 0 saturated heterocycles. The van der Waals surface area contributed by atoms with Crippen molar-refractivity contribution < 1.29 is 29.0 Å². The minimum Gasteiger partial charge on any atom is -0.489 e. The van der Waals surface area contributed by atoms with Gasteiger partial charge in [-0.15, -0.1) is 0 Å². The summed E-state index contributed by atoms with van der Waals surface area (Å²) in [6.07, 6.45) is 7.62. The zero-order valence-corrected chi connectivity index (χ0v) is 26.6. The molecule has 0 aliphatic carbocycles. The maximum atomic E-state index is 13.6. The third-order valence-corrected chi connectivity index (χ3v) is 8.08. The molecule has 3 aromatic carbocycles. The van der Waals surface area contributed by atoms with Gasteiger partial charge in [0.2, 0.25) is 11.8 Å². The number of cyclic esters (lactones) is 1. The molecule has 8 nitrogen and oxygen atoms in total. The van der Waals surface area contributed by atoms with E-state index in [4.69, 9.17) is 9.47 Å². The van der Waals surface area contributed by atoms with Crippen LogP contribution < -0.4 is 15.4 Å². The van der Waals surface area contributed by atoms with E-state index in [1.165, 1.54) is 0 Å². The minimum absolute atomic E-state index is 0.0123. The molecular weight excluding hydrogens is 580 g/mol. The maximum absolute atomic E-state index is 13.6. The summed E-state index contributed by atoms with van der Waals surface area (Å²) in [5.41, 5.74) is 3.10. The molecular formula is C38H46N2O6. The van der Waals surface area contributed by atoms with Gasteiger partial charge < -0.3 is 25.2 Å². The van der Waals surface area contributed by atoms with Gasteiger partial charge in [0.05, 0.1) is 24.5 Å². The minimum atomic E-state index is -0.608. The molecule has 0 fully saturated rings. The second-order valence-electron chi connectivity index (χ2n) is 12.0. The van der Waals surface area contributed by atoms with Crippen molar-refractivity contribution in [2.45, 2.75) is 70.6 Å². The molecule has 2 amide bonds. The van der Waals surface area contributed by atoms with E-state index >= 15 is 0 Å². The van der Waals surface area contributed by atoms with Gasteiger partial charge in [-0.05, 0) is 74.3 Å². The monoisotopic (exact) mass is 626 g/mol. The Morgan fingerprint density at radius 3 is 2.28 bits per heavy atom. The fourth-order valence-corrected chi connectivity index (χ4v) is 5.47. The molecule has 3 N–H and O–H groups in total. The third-order valence-electron chi connectivity index (χ3n) is 8.08. The summed E-state index contributed by atoms with van der Waals surface area (Å²) in [5, 5.41) is 15.2. The van der Waals surface area contributed by atoms with Crippen LogP contribution in [0.25, 0.3) is 0 Å². The van der Waals surface area contributed by atoms with Crippen molar-refractivity contribution in [2.24, 2.45) is 11.8 Å². The van der Waals surface area contributed by atoms with E-state index in [-0.39, 0.29) is 43.3 Å². The normalized spacial score (nSPS) is 20.1. The number of benzene rings is 3. The third kappa shape index (κ3) is 11.8. The zero-order chi connectivity index (χ0) is 32.6. The number of amides is 2. The lowest BCUT2D eigenvalue weighted by molar-refractivity contribution is -0.150. The van der Waals surface area contributed by atoms with Crippen LogP contribution in [0.15, 0.2) is 97.1 Å². The first kappa shape index (κ1) is 34.4. The Hall–Kier alpha value is -4.43. The molecule has 4 rings (SSSR count). The van der Waals surface area contributed by atoms with Crippen LogP contribution in [0.4, 0.5) is 0 Å². The Morgan fingerprint density at radius 1 is 0.913 bits per heavy atom. The molecule has 4 atom stereocenters. The molecule has 1 aliphatic rings. The van der Waals surface area contributed by atoms with Crippen molar-refractivity contribution in [1.29, 1.82) is 0 Å². The standard InChI is InChI=1S/C38H46N2O6/c1-28(25-41)39-36(42)24-32-16-10-2-3-11-17-33(22-29-12-6-4-7-13-29)38(44)46-27-34(40-37(32)43)23-30-18-20-35(21-19-30)45-26-31-14-8-5-9-15-31/h2,4-10,12-15,18-21,28,32-34,41H,3,11,16-17,22-27H2,1H3,(H,39,42)(H,40,43)/t28-,32+,33+,34-/m0/s1. The quantitative estimate of drug-likeness (QED) is 0.196. The van der Waals surface area contributed by atoms with Crippen molar-refractivity contribution in [3.8, 4) is 5.75 Å². The van der Waals surface area contributed by atoms with Gasteiger partial charge in [-0.3, -0.25) is 14.4 Å². The molecule has 1 heterocycles. The van der Waals surface area contributed by atoms with Crippen LogP contribution in [-0.4, -0.2) is 48.2 Å². The first-order valence-corrected chi connectivity index (χ1v) is 16.2. The van der Waals surface area contributed by atoms with Crippen molar-refractivity contribution in [3.63, 3.8) is 0 Å². The second-order valence-corrected chi connectivity index (χ2v) is 12.0. The van der Waals surface area contributed by atoms with Gasteiger partial charge in [0, 0.05) is 12.5 Å². The van der Waals surface area contributed by atoms with Gasteiger partial charge >= 0.3 is 5.97 Å². The fraction of sp³-hybridized carbons (Fsp3) is 0.395. The Kier molecular flexibility index (Phi) is 13.9. The van der Waals surface area contributed by atoms with E-state index in [0.717, 1.165) is 35.3 Å². The van der Waals surface area contributed by atoms with Gasteiger partial charge in [-0.25, -0.2) is 0 Å². The molecule has 8 heteroatoms. The molecule has 1 aliphatic heterocycles. The Balaban J connectivity index is 1.48. The van der Waals surface area contributed by atoms with Gasteiger partial charge in [0.1, 0.15) is 19.0 Å². The molecule has 0 aromatic heterocycles. The summed E-state index contributed by atoms with van der Waals surface area (Å²) >= 11 is 0. The largest absolute Gasteiger partial charge is 0.489 e. The average Bonchev–Trinajstić information content (AvgIpc) is 3.07. The molecule has 3 aromatic rings. The lowest BCUT2D eigenvalue weighted by Crippen LogP contribution is -2.45. The van der Waals surface area contributed by atoms with Gasteiger partial charge in [0.25, 0.3) is 0 Å². The fourth-order valence-electron chi connectivity index (χ4n) is 5.47. The van der Waals surface area contributed by atoms with Gasteiger partial charge in [-0.2, -0.15) is 0 Å². The number of hydrogen-bond acceptors (Lipinski definition) is 6. The number of ether oxygens (including phenoxy) is 2. The number of aliphatic hydroxyl groups is 1. The van der Waals surface area contributed by atoms with E-state index in [9.17, 15) is 19.5 Å². The summed E-state index contributed by atoms with van der Waals surface area (Å²) in [6, 6.07) is 26.6. The predicted octanol–water partition coefficient (Wildman–Crippen LogP) is 5.33. The van der Waals surface area contributed by atoms with E-state index in [2.05, 4.69) is 10.6 Å². The number of carbonyl (C=O) groups is 3. The number of allylic oxidation sites excluding steroid dienone is 2. The van der Waals surface area contributed by atoms with Gasteiger partial charge in [0.15, 0.2) is 0 Å². The number of nitrogens with one attached hydrogen (secondary N) is 2. The highest BCUT2D eigenvalue weighted by molar-refractivity contribution is 5.86. The number of aliphatic hydroxyl groups excluding tert-OH is 1. The Labute approximate surface area is 272 Å². The SMILES string of the molecule is C[C@@H](CO)NC(=O)C[C@H]1CC=CCCC[C@H](Cc2ccccc2)C(=O)OC[C@H](Cc2ccc(OCc3ccccc3)cc2)NC1=O. The summed E-state index contributed by atoms with van der Waals surface area (Å²) in [5.74, 6) is -1.02. The maximum Gasteiger partial charge on any atom is 0.309 e. The molecule has 0 saturated carbocycles. The Bertz CT molecular complexity index is 1390. The van der Waals surface area contributed by atoms with E-state index in [1.807, 2.05) is 97.1 Å². The zero-order valence-electron chi connectivity index (χ0n) is 26.6. The van der Waals surface area contributed by atoms with Crippen LogP contribution in [0.3, 0.4) is 0 Å². The smallest absolute Gasteiger partial charge is 0.309 e. The summed E-state index contributed by atoms with van der Waals surface area (Å²) < 4.78 is 11.8. The van der Waals surface area contributed by atoms with Crippen LogP contribution in [0.1, 0.15) is 55.7 Å². The Morgan fingerprint density at radius 2 is 1.59 bits per heavy atom. The van der Waals surface area contributed by atoms with Crippen LogP contribution in [0.5, 0.6) is 5.75 Å². The first-order valence-electron chi connectivity index (χ1n) is 16.2. The van der Waals surface area contributed by atoms with E-state index in [1.54, 1.807) is 6.92 Å². The van der Waals surface area contributed by atoms with E-state index in [0.29, 0.717) is 32.3 Å². The van der Waals surface area contributed by atoms with Crippen LogP contribution >= 0.6 is 0 Å². The lowest BCUT2D eigenvalue weighted by atomic mass is 9.93. The highest BCUT2D eigenvalue weighted by Crippen LogP contribution is 2.21. The van der Waals surface area contributed by atoms with E-state index < -0.39 is 18.0 Å². The van der Waals surface area contributed by atoms with Crippen molar-refractivity contribution in [3.05, 3.63) is 114 Å². The molecule has 0 bridgehead atoms. The second kappa shape index (κ2) is 18.5. The molecule has 244 valence electrons. The molecule has 0 unspecified atom stereocenters. The topological polar surface area (TPSA) is 114 Å². The number of rotatable bonds is 11. The van der Waals surface area contributed by atoms with Crippen molar-refractivity contribution in [1.82, 2.24) is 10.6 Å².